The van der Waals surface area contributed by atoms with E-state index in [1.165, 1.54) is 10.6 Å². The maximum atomic E-state index is 6.15. The summed E-state index contributed by atoms with van der Waals surface area (Å²) in [6.45, 7) is 0. The average Bonchev–Trinajstić information content (AvgIpc) is 2.52. The smallest absolute Gasteiger partial charge is 0.0754 e. The maximum absolute atomic E-state index is 6.15. The molecule has 1 unspecified atom stereocenters. The van der Waals surface area contributed by atoms with Crippen LogP contribution in [-0.4, -0.2) is 10.5 Å². The van der Waals surface area contributed by atoms with Gasteiger partial charge in [0.25, 0.3) is 0 Å². The summed E-state index contributed by atoms with van der Waals surface area (Å²) in [5.74, 6) is 0.719. The highest BCUT2D eigenvalue weighted by Gasteiger charge is 2.26. The lowest BCUT2D eigenvalue weighted by Crippen LogP contribution is -2.18. The van der Waals surface area contributed by atoms with Crippen molar-refractivity contribution in [3.05, 3.63) is 53.6 Å². The fraction of sp³-hybridized carbons (Fsp3) is 0.250. The van der Waals surface area contributed by atoms with Crippen LogP contribution in [0.4, 0.5) is 11.4 Å². The topological polar surface area (TPSA) is 3.24 Å². The second-order valence-corrected chi connectivity index (χ2v) is 8.23. The summed E-state index contributed by atoms with van der Waals surface area (Å²) in [4.78, 5) is 1.32. The molecule has 0 bridgehead atoms. The van der Waals surface area contributed by atoms with Gasteiger partial charge < -0.3 is 0 Å². The number of anilines is 2. The summed E-state index contributed by atoms with van der Waals surface area (Å²) in [5, 5.41) is 0.765. The van der Waals surface area contributed by atoms with Gasteiger partial charge in [-0.05, 0) is 55.1 Å². The SMILES string of the molecule is ClCCCC1Sc2ccccc2N(c2cccc(Cl)c2)S1. The second kappa shape index (κ2) is 7.19. The van der Waals surface area contributed by atoms with E-state index >= 15 is 0 Å². The Bertz CT molecular complexity index is 621. The molecule has 0 aromatic heterocycles. The first kappa shape index (κ1) is 15.4. The van der Waals surface area contributed by atoms with Crippen LogP contribution in [0.2, 0.25) is 5.02 Å². The quantitative estimate of drug-likeness (QED) is 0.450. The zero-order valence-corrected chi connectivity index (χ0v) is 14.5. The number of benzene rings is 2. The Labute approximate surface area is 144 Å². The van der Waals surface area contributed by atoms with E-state index in [9.17, 15) is 0 Å². The molecule has 0 radical (unpaired) electrons. The number of para-hydroxylation sites is 1. The number of alkyl halides is 1. The van der Waals surface area contributed by atoms with Crippen LogP contribution in [-0.2, 0) is 0 Å². The van der Waals surface area contributed by atoms with Crippen LogP contribution in [0.15, 0.2) is 53.4 Å². The predicted octanol–water partition coefficient (Wildman–Crippen LogP) is 6.58. The van der Waals surface area contributed by atoms with E-state index in [2.05, 4.69) is 34.6 Å². The molecule has 0 fully saturated rings. The first-order valence-electron chi connectivity index (χ1n) is 6.82. The predicted molar refractivity (Wildman–Crippen MR) is 97.2 cm³/mol. The zero-order valence-electron chi connectivity index (χ0n) is 11.3. The summed E-state index contributed by atoms with van der Waals surface area (Å²) >= 11 is 15.8. The molecule has 1 aliphatic rings. The molecule has 0 N–H and O–H groups in total. The van der Waals surface area contributed by atoms with Crippen molar-refractivity contribution in [1.82, 2.24) is 0 Å². The molecular formula is C16H15Cl2NS2. The number of rotatable bonds is 4. The first-order valence-corrected chi connectivity index (χ1v) is 9.45. The Balaban J connectivity index is 1.94. The number of thioether (sulfide) groups is 1. The molecule has 21 heavy (non-hydrogen) atoms. The number of hydrogen-bond acceptors (Lipinski definition) is 3. The Kier molecular flexibility index (Phi) is 5.28. The van der Waals surface area contributed by atoms with Crippen molar-refractivity contribution in [3.63, 3.8) is 0 Å². The minimum Gasteiger partial charge on any atom is -0.282 e. The van der Waals surface area contributed by atoms with Crippen LogP contribution >= 0.6 is 46.9 Å². The summed E-state index contributed by atoms with van der Waals surface area (Å²) in [6.07, 6.45) is 2.14. The molecule has 2 aromatic rings. The standard InChI is InChI=1S/C16H15Cl2NS2/c17-10-4-9-16-20-15-8-2-1-7-14(15)19(21-16)13-6-3-5-12(18)11-13/h1-3,5-8,11,16H,4,9-10H2. The highest BCUT2D eigenvalue weighted by Crippen LogP contribution is 2.51. The van der Waals surface area contributed by atoms with Gasteiger partial charge in [-0.2, -0.15) is 0 Å². The van der Waals surface area contributed by atoms with Crippen molar-refractivity contribution in [2.75, 3.05) is 10.2 Å². The summed E-state index contributed by atoms with van der Waals surface area (Å²) < 4.78 is 2.77. The Hall–Kier alpha value is -0.480. The van der Waals surface area contributed by atoms with Crippen LogP contribution in [0.25, 0.3) is 0 Å². The summed E-state index contributed by atoms with van der Waals surface area (Å²) in [7, 11) is 0. The van der Waals surface area contributed by atoms with E-state index in [0.717, 1.165) is 29.4 Å². The molecule has 1 aliphatic heterocycles. The van der Waals surface area contributed by atoms with Gasteiger partial charge >= 0.3 is 0 Å². The van der Waals surface area contributed by atoms with Gasteiger partial charge in [-0.1, -0.05) is 29.8 Å². The normalized spacial score (nSPS) is 17.6. The van der Waals surface area contributed by atoms with E-state index in [1.807, 2.05) is 41.9 Å². The zero-order chi connectivity index (χ0) is 14.7. The van der Waals surface area contributed by atoms with E-state index in [1.54, 1.807) is 0 Å². The highest BCUT2D eigenvalue weighted by molar-refractivity contribution is 8.18. The first-order chi connectivity index (χ1) is 10.3. The fourth-order valence-corrected chi connectivity index (χ4v) is 5.38. The molecule has 0 saturated heterocycles. The molecule has 0 amide bonds. The molecular weight excluding hydrogens is 341 g/mol. The van der Waals surface area contributed by atoms with E-state index in [4.69, 9.17) is 23.2 Å². The number of halogens is 2. The molecule has 1 atom stereocenters. The lowest BCUT2D eigenvalue weighted by Gasteiger charge is -2.34. The van der Waals surface area contributed by atoms with Crippen LogP contribution in [0.5, 0.6) is 0 Å². The second-order valence-electron chi connectivity index (χ2n) is 4.73. The third kappa shape index (κ3) is 3.65. The van der Waals surface area contributed by atoms with Gasteiger partial charge in [0.15, 0.2) is 0 Å². The van der Waals surface area contributed by atoms with Gasteiger partial charge in [0.05, 0.1) is 16.0 Å². The Morgan fingerprint density at radius 3 is 2.76 bits per heavy atom. The molecule has 1 heterocycles. The molecule has 2 aromatic carbocycles. The highest BCUT2D eigenvalue weighted by atomic mass is 35.5. The van der Waals surface area contributed by atoms with Crippen molar-refractivity contribution in [2.24, 2.45) is 0 Å². The van der Waals surface area contributed by atoms with Gasteiger partial charge in [0.2, 0.25) is 0 Å². The molecule has 0 saturated carbocycles. The van der Waals surface area contributed by atoms with Crippen LogP contribution in [0.1, 0.15) is 12.8 Å². The summed E-state index contributed by atoms with van der Waals surface area (Å²) in [6, 6.07) is 16.5. The maximum Gasteiger partial charge on any atom is 0.0754 e. The van der Waals surface area contributed by atoms with Crippen LogP contribution < -0.4 is 4.31 Å². The summed E-state index contributed by atoms with van der Waals surface area (Å²) in [5.41, 5.74) is 2.35. The number of hydrogen-bond donors (Lipinski definition) is 0. The Morgan fingerprint density at radius 2 is 1.95 bits per heavy atom. The van der Waals surface area contributed by atoms with Crippen molar-refractivity contribution in [1.29, 1.82) is 0 Å². The van der Waals surface area contributed by atoms with Crippen LogP contribution in [0, 0.1) is 0 Å². The number of nitrogens with zero attached hydrogens (tertiary/aromatic N) is 1. The van der Waals surface area contributed by atoms with E-state index in [-0.39, 0.29) is 0 Å². The largest absolute Gasteiger partial charge is 0.282 e. The van der Waals surface area contributed by atoms with E-state index < -0.39 is 0 Å². The lowest BCUT2D eigenvalue weighted by molar-refractivity contribution is 0.873. The van der Waals surface area contributed by atoms with Gasteiger partial charge in [-0.15, -0.1) is 23.4 Å². The van der Waals surface area contributed by atoms with Gasteiger partial charge in [0.1, 0.15) is 0 Å². The third-order valence-electron chi connectivity index (χ3n) is 3.18. The minimum absolute atomic E-state index is 0.484. The van der Waals surface area contributed by atoms with Crippen molar-refractivity contribution < 1.29 is 0 Å². The monoisotopic (exact) mass is 355 g/mol. The van der Waals surface area contributed by atoms with E-state index in [0.29, 0.717) is 4.58 Å². The van der Waals surface area contributed by atoms with Crippen molar-refractivity contribution in [3.8, 4) is 0 Å². The van der Waals surface area contributed by atoms with Crippen molar-refractivity contribution >= 4 is 58.3 Å². The molecule has 3 rings (SSSR count). The third-order valence-corrected chi connectivity index (χ3v) is 6.42. The van der Waals surface area contributed by atoms with Gasteiger partial charge in [0, 0.05) is 15.8 Å². The number of fused-ring (bicyclic) bond motifs is 1. The fourth-order valence-electron chi connectivity index (χ4n) is 2.22. The Morgan fingerprint density at radius 1 is 1.10 bits per heavy atom. The van der Waals surface area contributed by atoms with Crippen LogP contribution in [0.3, 0.4) is 0 Å². The molecule has 5 heteroatoms. The molecule has 110 valence electrons. The minimum atomic E-state index is 0.484. The molecule has 1 nitrogen and oxygen atoms in total. The van der Waals surface area contributed by atoms with Gasteiger partial charge in [-0.25, -0.2) is 0 Å². The average molecular weight is 356 g/mol. The molecule has 0 spiro atoms. The van der Waals surface area contributed by atoms with Crippen molar-refractivity contribution in [2.45, 2.75) is 22.3 Å². The molecule has 0 aliphatic carbocycles. The van der Waals surface area contributed by atoms with Gasteiger partial charge in [-0.3, -0.25) is 4.31 Å². The lowest BCUT2D eigenvalue weighted by atomic mass is 10.2.